The number of nitrogens with zero attached hydrogens (tertiary/aromatic N) is 1. The maximum atomic E-state index is 5.92. The normalized spacial score (nSPS) is 18.6. The van der Waals surface area contributed by atoms with Crippen LogP contribution in [0, 0.1) is 0 Å². The van der Waals surface area contributed by atoms with Crippen molar-refractivity contribution in [3.63, 3.8) is 0 Å². The van der Waals surface area contributed by atoms with Gasteiger partial charge in [0.05, 0.1) is 12.7 Å². The molecule has 1 saturated heterocycles. The monoisotopic (exact) mass is 461 g/mol. The van der Waals surface area contributed by atoms with Crippen LogP contribution in [0.5, 0.6) is 0 Å². The van der Waals surface area contributed by atoms with Crippen LogP contribution >= 0.6 is 24.0 Å². The second-order valence-corrected chi connectivity index (χ2v) is 6.39. The lowest BCUT2D eigenvalue weighted by molar-refractivity contribution is 0.0171. The van der Waals surface area contributed by atoms with E-state index in [0.29, 0.717) is 37.7 Å². The second kappa shape index (κ2) is 12.5. The molecule has 0 radical (unpaired) electrons. The molecule has 25 heavy (non-hydrogen) atoms. The second-order valence-electron chi connectivity index (χ2n) is 6.39. The first-order valence-corrected chi connectivity index (χ1v) is 9.05. The van der Waals surface area contributed by atoms with Gasteiger partial charge in [-0.15, -0.1) is 24.0 Å². The number of hydrogen-bond acceptors (Lipinski definition) is 3. The van der Waals surface area contributed by atoms with Crippen molar-refractivity contribution in [3.05, 3.63) is 29.8 Å². The van der Waals surface area contributed by atoms with E-state index in [-0.39, 0.29) is 24.0 Å². The first-order valence-electron chi connectivity index (χ1n) is 9.05. The first kappa shape index (κ1) is 22.2. The summed E-state index contributed by atoms with van der Waals surface area (Å²) in [6, 6.07) is 8.38. The standard InChI is InChI=1S/C19H31N3O2.HI/c1-3-15(2)16-7-9-17(10-8-16)22-19(20)21-11-5-12-23-14-18-6-4-13-24-18;/h7-10,15,18H,3-6,11-14H2,1-2H3,(H3,20,21,22);1H. The minimum absolute atomic E-state index is 0. The van der Waals surface area contributed by atoms with Crippen LogP contribution in [0.25, 0.3) is 0 Å². The van der Waals surface area contributed by atoms with E-state index in [1.165, 1.54) is 5.56 Å². The SMILES string of the molecule is CCC(C)c1ccc(NC(N)=NCCCOCC2CCCO2)cc1.I. The van der Waals surface area contributed by atoms with E-state index in [9.17, 15) is 0 Å². The Balaban J connectivity index is 0.00000312. The van der Waals surface area contributed by atoms with E-state index in [1.54, 1.807) is 0 Å². The van der Waals surface area contributed by atoms with Gasteiger partial charge in [0.2, 0.25) is 0 Å². The summed E-state index contributed by atoms with van der Waals surface area (Å²) in [5.41, 5.74) is 8.24. The van der Waals surface area contributed by atoms with Crippen LogP contribution in [0.15, 0.2) is 29.3 Å². The third-order valence-corrected chi connectivity index (χ3v) is 4.42. The summed E-state index contributed by atoms with van der Waals surface area (Å²) in [6.45, 7) is 7.36. The van der Waals surface area contributed by atoms with Crippen molar-refractivity contribution in [1.82, 2.24) is 0 Å². The third kappa shape index (κ3) is 8.37. The quantitative estimate of drug-likeness (QED) is 0.251. The Bertz CT molecular complexity index is 502. The average molecular weight is 461 g/mol. The van der Waals surface area contributed by atoms with Crippen molar-refractivity contribution in [2.45, 2.75) is 51.6 Å². The number of guanidine groups is 1. The number of rotatable bonds is 9. The molecule has 0 bridgehead atoms. The smallest absolute Gasteiger partial charge is 0.193 e. The van der Waals surface area contributed by atoms with Crippen LogP contribution in [-0.4, -0.2) is 38.4 Å². The van der Waals surface area contributed by atoms with Gasteiger partial charge in [-0.05, 0) is 49.3 Å². The maximum Gasteiger partial charge on any atom is 0.193 e. The molecule has 6 heteroatoms. The fourth-order valence-electron chi connectivity index (χ4n) is 2.67. The fraction of sp³-hybridized carbons (Fsp3) is 0.632. The molecule has 0 amide bonds. The van der Waals surface area contributed by atoms with Crippen LogP contribution < -0.4 is 11.1 Å². The molecule has 0 saturated carbocycles. The number of aliphatic imine (C=N–C) groups is 1. The molecular weight excluding hydrogens is 429 g/mol. The van der Waals surface area contributed by atoms with Crippen molar-refractivity contribution in [3.8, 4) is 0 Å². The van der Waals surface area contributed by atoms with Crippen LogP contribution in [-0.2, 0) is 9.47 Å². The van der Waals surface area contributed by atoms with E-state index in [0.717, 1.165) is 38.0 Å². The van der Waals surface area contributed by atoms with Gasteiger partial charge in [0.1, 0.15) is 0 Å². The van der Waals surface area contributed by atoms with Crippen molar-refractivity contribution >= 4 is 35.6 Å². The highest BCUT2D eigenvalue weighted by molar-refractivity contribution is 14.0. The average Bonchev–Trinajstić information content (AvgIpc) is 3.11. The van der Waals surface area contributed by atoms with E-state index in [1.807, 2.05) is 0 Å². The van der Waals surface area contributed by atoms with Crippen LogP contribution in [0.3, 0.4) is 0 Å². The summed E-state index contributed by atoms with van der Waals surface area (Å²) >= 11 is 0. The molecule has 0 spiro atoms. The zero-order valence-electron chi connectivity index (χ0n) is 15.4. The predicted molar refractivity (Wildman–Crippen MR) is 115 cm³/mol. The van der Waals surface area contributed by atoms with E-state index >= 15 is 0 Å². The van der Waals surface area contributed by atoms with Gasteiger partial charge in [0, 0.05) is 25.4 Å². The first-order chi connectivity index (χ1) is 11.7. The Morgan fingerprint density at radius 2 is 2.16 bits per heavy atom. The summed E-state index contributed by atoms with van der Waals surface area (Å²) in [4.78, 5) is 4.33. The highest BCUT2D eigenvalue weighted by Gasteiger charge is 2.14. The zero-order chi connectivity index (χ0) is 17.2. The summed E-state index contributed by atoms with van der Waals surface area (Å²) in [7, 11) is 0. The highest BCUT2D eigenvalue weighted by Crippen LogP contribution is 2.20. The Hall–Kier alpha value is -0.860. The number of nitrogens with one attached hydrogen (secondary N) is 1. The van der Waals surface area contributed by atoms with Crippen molar-refractivity contribution in [1.29, 1.82) is 0 Å². The van der Waals surface area contributed by atoms with E-state index < -0.39 is 0 Å². The van der Waals surface area contributed by atoms with Crippen LogP contribution in [0.2, 0.25) is 0 Å². The molecule has 0 aromatic heterocycles. The number of anilines is 1. The molecule has 1 aliphatic rings. The van der Waals surface area contributed by atoms with Gasteiger partial charge in [-0.2, -0.15) is 0 Å². The number of hydrogen-bond donors (Lipinski definition) is 2. The fourth-order valence-corrected chi connectivity index (χ4v) is 2.67. The summed E-state index contributed by atoms with van der Waals surface area (Å²) < 4.78 is 11.1. The van der Waals surface area contributed by atoms with Crippen molar-refractivity contribution in [2.24, 2.45) is 10.7 Å². The summed E-state index contributed by atoms with van der Waals surface area (Å²) in [6.07, 6.45) is 4.57. The molecule has 1 aromatic rings. The lowest BCUT2D eigenvalue weighted by atomic mass is 9.99. The van der Waals surface area contributed by atoms with Gasteiger partial charge < -0.3 is 20.5 Å². The molecule has 0 aliphatic carbocycles. The summed E-state index contributed by atoms with van der Waals surface area (Å²) in [5, 5.41) is 3.13. The molecular formula is C19H32IN3O2. The van der Waals surface area contributed by atoms with Gasteiger partial charge in [-0.3, -0.25) is 4.99 Å². The Kier molecular flexibility index (Phi) is 11.1. The number of halogens is 1. The van der Waals surface area contributed by atoms with Gasteiger partial charge >= 0.3 is 0 Å². The minimum Gasteiger partial charge on any atom is -0.379 e. The van der Waals surface area contributed by atoms with Gasteiger partial charge in [-0.1, -0.05) is 26.0 Å². The molecule has 5 nitrogen and oxygen atoms in total. The minimum atomic E-state index is 0. The predicted octanol–water partition coefficient (Wildman–Crippen LogP) is 4.13. The van der Waals surface area contributed by atoms with Crippen LogP contribution in [0.4, 0.5) is 5.69 Å². The van der Waals surface area contributed by atoms with Gasteiger partial charge in [0.25, 0.3) is 0 Å². The summed E-state index contributed by atoms with van der Waals surface area (Å²) in [5.74, 6) is 1.03. The Morgan fingerprint density at radius 3 is 2.80 bits per heavy atom. The largest absolute Gasteiger partial charge is 0.379 e. The number of benzene rings is 1. The number of ether oxygens (including phenoxy) is 2. The molecule has 2 rings (SSSR count). The zero-order valence-corrected chi connectivity index (χ0v) is 17.7. The van der Waals surface area contributed by atoms with Gasteiger partial charge in [0.15, 0.2) is 5.96 Å². The molecule has 1 heterocycles. The van der Waals surface area contributed by atoms with Crippen molar-refractivity contribution in [2.75, 3.05) is 31.7 Å². The third-order valence-electron chi connectivity index (χ3n) is 4.42. The molecule has 2 atom stereocenters. The van der Waals surface area contributed by atoms with E-state index in [2.05, 4.69) is 48.4 Å². The lowest BCUT2D eigenvalue weighted by Gasteiger charge is -2.11. The Morgan fingerprint density at radius 1 is 1.40 bits per heavy atom. The topological polar surface area (TPSA) is 68.9 Å². The molecule has 2 unspecified atom stereocenters. The maximum absolute atomic E-state index is 5.92. The van der Waals surface area contributed by atoms with E-state index in [4.69, 9.17) is 15.2 Å². The molecule has 1 fully saturated rings. The van der Waals surface area contributed by atoms with Crippen molar-refractivity contribution < 1.29 is 9.47 Å². The molecule has 1 aromatic carbocycles. The molecule has 3 N–H and O–H groups in total. The molecule has 142 valence electrons. The Labute approximate surface area is 168 Å². The number of nitrogens with two attached hydrogens (primary N) is 1. The highest BCUT2D eigenvalue weighted by atomic mass is 127. The van der Waals surface area contributed by atoms with Gasteiger partial charge in [-0.25, -0.2) is 0 Å². The lowest BCUT2D eigenvalue weighted by Crippen LogP contribution is -2.23. The molecule has 1 aliphatic heterocycles. The van der Waals surface area contributed by atoms with Crippen LogP contribution in [0.1, 0.15) is 51.0 Å².